The molecule has 0 radical (unpaired) electrons. The number of nitrogens with two attached hydrogens (primary N) is 1. The minimum atomic E-state index is -3.30. The van der Waals surface area contributed by atoms with Crippen LogP contribution in [0.25, 0.3) is 0 Å². The molecule has 5 nitrogen and oxygen atoms in total. The molecule has 1 atom stereocenters. The Hall–Kier alpha value is -2.18. The van der Waals surface area contributed by atoms with E-state index < -0.39 is 9.84 Å². The van der Waals surface area contributed by atoms with Gasteiger partial charge in [0, 0.05) is 23.4 Å². The van der Waals surface area contributed by atoms with Gasteiger partial charge in [-0.1, -0.05) is 58.0 Å². The molecule has 2 aromatic carbocycles. The molecule has 0 saturated heterocycles. The second kappa shape index (κ2) is 9.34. The molecule has 1 amide bonds. The summed E-state index contributed by atoms with van der Waals surface area (Å²) in [6.45, 7) is 8.89. The van der Waals surface area contributed by atoms with Crippen molar-refractivity contribution in [2.75, 3.05) is 18.1 Å². The average molecular weight is 404 g/mol. The predicted molar refractivity (Wildman–Crippen MR) is 113 cm³/mol. The quantitative estimate of drug-likeness (QED) is 0.711. The summed E-state index contributed by atoms with van der Waals surface area (Å²) in [5, 5.41) is 4.82. The van der Waals surface area contributed by atoms with Gasteiger partial charge in [-0.2, -0.15) is 0 Å². The summed E-state index contributed by atoms with van der Waals surface area (Å²) in [6, 6.07) is 15.1. The van der Waals surface area contributed by atoms with Crippen LogP contribution < -0.4 is 10.6 Å². The highest BCUT2D eigenvalue weighted by Crippen LogP contribution is 2.21. The summed E-state index contributed by atoms with van der Waals surface area (Å²) in [5.74, 6) is 0.699. The Bertz CT molecular complexity index is 904. The highest BCUT2D eigenvalue weighted by atomic mass is 32.2. The summed E-state index contributed by atoms with van der Waals surface area (Å²) < 4.78 is 23.3. The fraction of sp³-hybridized carbons (Fsp3) is 0.409. The van der Waals surface area contributed by atoms with Gasteiger partial charge in [0.1, 0.15) is 6.04 Å². The topological polar surface area (TPSA) is 79.8 Å². The molecule has 28 heavy (non-hydrogen) atoms. The zero-order chi connectivity index (χ0) is 20.9. The highest BCUT2D eigenvalue weighted by Gasteiger charge is 2.21. The molecule has 0 spiro atoms. The van der Waals surface area contributed by atoms with Gasteiger partial charge in [-0.15, -0.1) is 0 Å². The second-order valence-corrected chi connectivity index (χ2v) is 9.89. The van der Waals surface area contributed by atoms with Crippen molar-refractivity contribution in [2.45, 2.75) is 44.6 Å². The van der Waals surface area contributed by atoms with Crippen molar-refractivity contribution in [3.63, 3.8) is 0 Å². The number of benzene rings is 2. The number of quaternary nitrogens is 1. The number of amides is 1. The van der Waals surface area contributed by atoms with E-state index in [-0.39, 0.29) is 23.4 Å². The summed E-state index contributed by atoms with van der Waals surface area (Å²) in [7, 11) is -3.30. The van der Waals surface area contributed by atoms with E-state index in [1.807, 2.05) is 5.32 Å². The van der Waals surface area contributed by atoms with Crippen LogP contribution in [0.3, 0.4) is 0 Å². The molecule has 6 heteroatoms. The van der Waals surface area contributed by atoms with Crippen LogP contribution >= 0.6 is 0 Å². The van der Waals surface area contributed by atoms with E-state index in [1.54, 1.807) is 12.1 Å². The van der Waals surface area contributed by atoms with Crippen LogP contribution in [-0.4, -0.2) is 27.1 Å². The first kappa shape index (κ1) is 22.1. The van der Waals surface area contributed by atoms with Gasteiger partial charge < -0.3 is 10.6 Å². The van der Waals surface area contributed by atoms with Crippen molar-refractivity contribution in [2.24, 2.45) is 5.92 Å². The van der Waals surface area contributed by atoms with E-state index in [0.29, 0.717) is 17.5 Å². The number of anilines is 1. The molecule has 2 aromatic rings. The molecule has 3 N–H and O–H groups in total. The smallest absolute Gasteiger partial charge is 0.279 e. The Balaban J connectivity index is 2.03. The van der Waals surface area contributed by atoms with Crippen LogP contribution in [0.15, 0.2) is 53.4 Å². The minimum absolute atomic E-state index is 0.157. The molecule has 0 aromatic heterocycles. The van der Waals surface area contributed by atoms with E-state index >= 15 is 0 Å². The SMILES string of the molecule is CC(C)c1ccc([C@H]([NH2+]CC(=O)Nc2cccc(S(C)(=O)=O)c2)C(C)C)cc1. The van der Waals surface area contributed by atoms with Gasteiger partial charge in [0.05, 0.1) is 4.90 Å². The van der Waals surface area contributed by atoms with Gasteiger partial charge in [-0.3, -0.25) is 4.79 Å². The summed E-state index contributed by atoms with van der Waals surface area (Å²) >= 11 is 0. The van der Waals surface area contributed by atoms with Crippen LogP contribution in [-0.2, 0) is 14.6 Å². The van der Waals surface area contributed by atoms with Gasteiger partial charge >= 0.3 is 0 Å². The highest BCUT2D eigenvalue weighted by molar-refractivity contribution is 7.90. The number of rotatable bonds is 8. The molecule has 0 bridgehead atoms. The predicted octanol–water partition coefficient (Wildman–Crippen LogP) is 3.11. The molecule has 0 saturated carbocycles. The molecule has 152 valence electrons. The lowest BCUT2D eigenvalue weighted by molar-refractivity contribution is -0.692. The molecular formula is C22H31N2O3S+. The van der Waals surface area contributed by atoms with Crippen LogP contribution in [0.1, 0.15) is 50.8 Å². The Morgan fingerprint density at radius 1 is 1.00 bits per heavy atom. The van der Waals surface area contributed by atoms with Crippen molar-refractivity contribution in [1.29, 1.82) is 0 Å². The summed E-state index contributed by atoms with van der Waals surface area (Å²) in [5.41, 5.74) is 2.99. The Labute approximate surface area is 168 Å². The van der Waals surface area contributed by atoms with Crippen molar-refractivity contribution in [3.8, 4) is 0 Å². The largest absolute Gasteiger partial charge is 0.332 e. The number of sulfone groups is 1. The summed E-state index contributed by atoms with van der Waals surface area (Å²) in [4.78, 5) is 12.6. The third kappa shape index (κ3) is 6.17. The molecule has 0 aliphatic heterocycles. The van der Waals surface area contributed by atoms with E-state index in [2.05, 4.69) is 57.3 Å². The van der Waals surface area contributed by atoms with Gasteiger partial charge in [0.15, 0.2) is 16.4 Å². The monoisotopic (exact) mass is 403 g/mol. The zero-order valence-corrected chi connectivity index (χ0v) is 18.1. The minimum Gasteiger partial charge on any atom is -0.332 e. The standard InChI is InChI=1S/C22H30N2O3S/c1-15(2)17-9-11-18(12-10-17)22(16(3)4)23-14-21(25)24-19-7-6-8-20(13-19)28(5,26)27/h6-13,15-16,22-23H,14H2,1-5H3,(H,24,25)/p+1/t22-/m1/s1. The van der Waals surface area contributed by atoms with Gasteiger partial charge in [-0.05, 0) is 29.7 Å². The first-order valence-corrected chi connectivity index (χ1v) is 11.5. The molecule has 2 rings (SSSR count). The van der Waals surface area contributed by atoms with E-state index in [9.17, 15) is 13.2 Å². The van der Waals surface area contributed by atoms with Gasteiger partial charge in [-0.25, -0.2) is 8.42 Å². The van der Waals surface area contributed by atoms with E-state index in [4.69, 9.17) is 0 Å². The van der Waals surface area contributed by atoms with E-state index in [0.717, 1.165) is 6.26 Å². The molecule has 0 heterocycles. The van der Waals surface area contributed by atoms with Crippen molar-refractivity contribution >= 4 is 21.4 Å². The fourth-order valence-electron chi connectivity index (χ4n) is 3.15. The maximum absolute atomic E-state index is 12.4. The van der Waals surface area contributed by atoms with Crippen LogP contribution in [0.5, 0.6) is 0 Å². The van der Waals surface area contributed by atoms with Crippen LogP contribution in [0.4, 0.5) is 5.69 Å². The molecule has 0 aliphatic carbocycles. The fourth-order valence-corrected chi connectivity index (χ4v) is 3.81. The maximum atomic E-state index is 12.4. The summed E-state index contributed by atoms with van der Waals surface area (Å²) in [6.07, 6.45) is 1.15. The van der Waals surface area contributed by atoms with Gasteiger partial charge in [0.2, 0.25) is 0 Å². The van der Waals surface area contributed by atoms with Crippen LogP contribution in [0, 0.1) is 5.92 Å². The lowest BCUT2D eigenvalue weighted by Crippen LogP contribution is -2.88. The average Bonchev–Trinajstić information content (AvgIpc) is 2.61. The number of hydrogen-bond donors (Lipinski definition) is 2. The van der Waals surface area contributed by atoms with Crippen LogP contribution in [0.2, 0.25) is 0 Å². The first-order chi connectivity index (χ1) is 13.1. The third-order valence-corrected chi connectivity index (χ3v) is 5.92. The normalized spacial score (nSPS) is 13.0. The van der Waals surface area contributed by atoms with Crippen molar-refractivity contribution in [3.05, 3.63) is 59.7 Å². The lowest BCUT2D eigenvalue weighted by atomic mass is 9.93. The molecule has 0 unspecified atom stereocenters. The molecule has 0 aliphatic rings. The maximum Gasteiger partial charge on any atom is 0.279 e. The Kier molecular flexibility index (Phi) is 7.38. The lowest BCUT2D eigenvalue weighted by Gasteiger charge is -2.20. The van der Waals surface area contributed by atoms with E-state index in [1.165, 1.54) is 23.3 Å². The van der Waals surface area contributed by atoms with Crippen molar-refractivity contribution < 1.29 is 18.5 Å². The van der Waals surface area contributed by atoms with Gasteiger partial charge in [0.25, 0.3) is 5.91 Å². The number of carbonyl (C=O) groups excluding carboxylic acids is 1. The zero-order valence-electron chi connectivity index (χ0n) is 17.3. The Morgan fingerprint density at radius 2 is 1.61 bits per heavy atom. The second-order valence-electron chi connectivity index (χ2n) is 7.88. The van der Waals surface area contributed by atoms with Crippen molar-refractivity contribution in [1.82, 2.24) is 0 Å². The molecular weight excluding hydrogens is 372 g/mol. The first-order valence-electron chi connectivity index (χ1n) is 9.61. The third-order valence-electron chi connectivity index (χ3n) is 4.81. The molecule has 0 fully saturated rings. The number of hydrogen-bond acceptors (Lipinski definition) is 3. The number of carbonyl (C=O) groups is 1. The number of nitrogens with one attached hydrogen (secondary N) is 1. The Morgan fingerprint density at radius 3 is 2.14 bits per heavy atom.